The van der Waals surface area contributed by atoms with Gasteiger partial charge in [0, 0.05) is 24.8 Å². The lowest BCUT2D eigenvalue weighted by Gasteiger charge is -2.14. The molecule has 6 nitrogen and oxygen atoms in total. The van der Waals surface area contributed by atoms with Crippen molar-refractivity contribution in [2.24, 2.45) is 0 Å². The van der Waals surface area contributed by atoms with Crippen LogP contribution in [0.4, 0.5) is 0 Å². The second-order valence-corrected chi connectivity index (χ2v) is 7.74. The van der Waals surface area contributed by atoms with E-state index in [4.69, 9.17) is 0 Å². The molecule has 0 bridgehead atoms. The average Bonchev–Trinajstić information content (AvgIpc) is 3.15. The Kier molecular flexibility index (Phi) is 5.17. The molecule has 1 heterocycles. The fourth-order valence-corrected chi connectivity index (χ4v) is 3.02. The van der Waals surface area contributed by atoms with E-state index in [1.165, 1.54) is 12.8 Å². The molecule has 0 aromatic carbocycles. The molecule has 1 aromatic heterocycles. The van der Waals surface area contributed by atoms with Crippen LogP contribution in [0.25, 0.3) is 0 Å². The van der Waals surface area contributed by atoms with Gasteiger partial charge in [-0.25, -0.2) is 13.1 Å². The molecule has 0 radical (unpaired) electrons. The van der Waals surface area contributed by atoms with E-state index < -0.39 is 15.3 Å². The fraction of sp³-hybridized carbons (Fsp3) is 0.769. The molecule has 20 heavy (non-hydrogen) atoms. The van der Waals surface area contributed by atoms with Gasteiger partial charge in [-0.15, -0.1) is 0 Å². The molecule has 1 atom stereocenters. The molecule has 0 aliphatic heterocycles. The summed E-state index contributed by atoms with van der Waals surface area (Å²) in [6, 6.07) is 0.539. The van der Waals surface area contributed by atoms with E-state index in [-0.39, 0.29) is 0 Å². The molecule has 7 heteroatoms. The van der Waals surface area contributed by atoms with Crippen molar-refractivity contribution in [3.05, 3.63) is 17.5 Å². The van der Waals surface area contributed by atoms with Gasteiger partial charge in [-0.05, 0) is 45.1 Å². The number of aryl methyl sites for hydroxylation is 2. The number of sulfonamides is 1. The Morgan fingerprint density at radius 1 is 1.50 bits per heavy atom. The van der Waals surface area contributed by atoms with Gasteiger partial charge < -0.3 is 5.32 Å². The second kappa shape index (κ2) is 6.69. The monoisotopic (exact) mass is 300 g/mol. The Morgan fingerprint density at radius 2 is 2.25 bits per heavy atom. The first-order valence-electron chi connectivity index (χ1n) is 7.20. The minimum atomic E-state index is -3.22. The van der Waals surface area contributed by atoms with Crippen molar-refractivity contribution in [2.45, 2.75) is 50.8 Å². The van der Waals surface area contributed by atoms with Crippen molar-refractivity contribution in [2.75, 3.05) is 13.1 Å². The van der Waals surface area contributed by atoms with Crippen molar-refractivity contribution in [3.63, 3.8) is 0 Å². The number of nitrogens with zero attached hydrogens (tertiary/aromatic N) is 1. The summed E-state index contributed by atoms with van der Waals surface area (Å²) in [6.07, 6.45) is 5.75. The van der Waals surface area contributed by atoms with Crippen molar-refractivity contribution in [1.29, 1.82) is 0 Å². The third kappa shape index (κ3) is 4.57. The smallest absolute Gasteiger partial charge is 0.215 e. The summed E-state index contributed by atoms with van der Waals surface area (Å²) in [6.45, 7) is 4.72. The maximum atomic E-state index is 12.0. The average molecular weight is 300 g/mol. The lowest BCUT2D eigenvalue weighted by Crippen LogP contribution is -2.40. The molecule has 3 N–H and O–H groups in total. The van der Waals surface area contributed by atoms with Gasteiger partial charge in [-0.2, -0.15) is 5.10 Å². The molecular formula is C13H24N4O2S. The number of rotatable bonds is 9. The van der Waals surface area contributed by atoms with E-state index in [0.29, 0.717) is 19.1 Å². The zero-order valence-electron chi connectivity index (χ0n) is 12.1. The van der Waals surface area contributed by atoms with E-state index in [2.05, 4.69) is 20.2 Å². The van der Waals surface area contributed by atoms with E-state index in [1.807, 2.05) is 6.92 Å². The first-order chi connectivity index (χ1) is 9.49. The molecule has 1 aromatic rings. The van der Waals surface area contributed by atoms with Crippen LogP contribution in [0.1, 0.15) is 37.4 Å². The van der Waals surface area contributed by atoms with Gasteiger partial charge >= 0.3 is 0 Å². The largest absolute Gasteiger partial charge is 0.313 e. The van der Waals surface area contributed by atoms with Crippen molar-refractivity contribution in [1.82, 2.24) is 20.2 Å². The Hall–Kier alpha value is -0.920. The van der Waals surface area contributed by atoms with Crippen molar-refractivity contribution < 1.29 is 8.42 Å². The number of H-pyrrole nitrogens is 1. The van der Waals surface area contributed by atoms with Crippen LogP contribution in [0.15, 0.2) is 6.20 Å². The number of aromatic amines is 1. The third-order valence-corrected chi connectivity index (χ3v) is 5.49. The quantitative estimate of drug-likeness (QED) is 0.586. The molecule has 0 saturated heterocycles. The summed E-state index contributed by atoms with van der Waals surface area (Å²) in [5.74, 6) is 0. The summed E-state index contributed by atoms with van der Waals surface area (Å²) in [4.78, 5) is 0. The predicted octanol–water partition coefficient (Wildman–Crippen LogP) is 0.711. The molecule has 0 amide bonds. The van der Waals surface area contributed by atoms with Crippen molar-refractivity contribution in [3.8, 4) is 0 Å². The molecule has 1 aliphatic carbocycles. The summed E-state index contributed by atoms with van der Waals surface area (Å²) in [7, 11) is -3.22. The highest BCUT2D eigenvalue weighted by Gasteiger charge is 2.25. The first kappa shape index (κ1) is 15.5. The lowest BCUT2D eigenvalue weighted by molar-refractivity contribution is 0.555. The van der Waals surface area contributed by atoms with Crippen molar-refractivity contribution >= 4 is 10.0 Å². The molecule has 1 unspecified atom stereocenters. The molecular weight excluding hydrogens is 276 g/mol. The van der Waals surface area contributed by atoms with Crippen LogP contribution in [0, 0.1) is 6.92 Å². The van der Waals surface area contributed by atoms with Crippen LogP contribution < -0.4 is 10.0 Å². The molecule has 1 fully saturated rings. The zero-order chi connectivity index (χ0) is 14.6. The Balaban J connectivity index is 1.67. The van der Waals surface area contributed by atoms with E-state index in [1.54, 1.807) is 13.1 Å². The summed E-state index contributed by atoms with van der Waals surface area (Å²) < 4.78 is 26.7. The number of nitrogens with one attached hydrogen (secondary N) is 3. The third-order valence-electron chi connectivity index (χ3n) is 3.66. The minimum Gasteiger partial charge on any atom is -0.313 e. The molecule has 2 rings (SSSR count). The molecule has 114 valence electrons. The Labute approximate surface area is 120 Å². The predicted molar refractivity (Wildman–Crippen MR) is 79.1 cm³/mol. The maximum absolute atomic E-state index is 12.0. The van der Waals surface area contributed by atoms with Crippen LogP contribution in [0.2, 0.25) is 0 Å². The summed E-state index contributed by atoms with van der Waals surface area (Å²) in [5.41, 5.74) is 2.20. The van der Waals surface area contributed by atoms with Gasteiger partial charge in [0.05, 0.1) is 11.4 Å². The highest BCUT2D eigenvalue weighted by molar-refractivity contribution is 7.90. The fourth-order valence-electron chi connectivity index (χ4n) is 1.99. The SMILES string of the molecule is Cc1[nH]ncc1CCCNS(=O)(=O)C(C)CNC1CC1. The van der Waals surface area contributed by atoms with E-state index in [9.17, 15) is 8.42 Å². The molecule has 0 spiro atoms. The minimum absolute atomic E-state index is 0.390. The topological polar surface area (TPSA) is 86.9 Å². The van der Waals surface area contributed by atoms with Gasteiger partial charge in [-0.3, -0.25) is 5.10 Å². The number of hydrogen-bond donors (Lipinski definition) is 3. The Bertz CT molecular complexity index is 522. The number of aromatic nitrogens is 2. The van der Waals surface area contributed by atoms with Crippen LogP contribution >= 0.6 is 0 Å². The first-order valence-corrected chi connectivity index (χ1v) is 8.74. The highest BCUT2D eigenvalue weighted by atomic mass is 32.2. The highest BCUT2D eigenvalue weighted by Crippen LogP contribution is 2.18. The normalized spacial score (nSPS) is 17.3. The van der Waals surface area contributed by atoms with E-state index in [0.717, 1.165) is 24.1 Å². The van der Waals surface area contributed by atoms with Gasteiger partial charge in [0.25, 0.3) is 0 Å². The Morgan fingerprint density at radius 3 is 2.85 bits per heavy atom. The van der Waals surface area contributed by atoms with Gasteiger partial charge in [0.2, 0.25) is 10.0 Å². The van der Waals surface area contributed by atoms with Crippen LogP contribution in [-0.2, 0) is 16.4 Å². The number of hydrogen-bond acceptors (Lipinski definition) is 4. The van der Waals surface area contributed by atoms with Crippen LogP contribution in [0.5, 0.6) is 0 Å². The maximum Gasteiger partial charge on any atom is 0.215 e. The van der Waals surface area contributed by atoms with E-state index >= 15 is 0 Å². The van der Waals surface area contributed by atoms with Crippen LogP contribution in [-0.4, -0.2) is 43.0 Å². The molecule has 1 saturated carbocycles. The van der Waals surface area contributed by atoms with Gasteiger partial charge in [-0.1, -0.05) is 0 Å². The summed E-state index contributed by atoms with van der Waals surface area (Å²) >= 11 is 0. The zero-order valence-corrected chi connectivity index (χ0v) is 13.0. The van der Waals surface area contributed by atoms with Gasteiger partial charge in [0.15, 0.2) is 0 Å². The molecule has 1 aliphatic rings. The lowest BCUT2D eigenvalue weighted by atomic mass is 10.1. The standard InChI is InChI=1S/C13H24N4O2S/c1-10(8-14-13-5-6-13)20(18,19)16-7-3-4-12-9-15-17-11(12)2/h9-10,13-14,16H,3-8H2,1-2H3,(H,15,17). The summed E-state index contributed by atoms with van der Waals surface area (Å²) in [5, 5.41) is 9.69. The van der Waals surface area contributed by atoms with Crippen LogP contribution in [0.3, 0.4) is 0 Å². The second-order valence-electron chi connectivity index (χ2n) is 5.56. The van der Waals surface area contributed by atoms with Gasteiger partial charge in [0.1, 0.15) is 0 Å².